The first-order chi connectivity index (χ1) is 9.19. The molecule has 1 heterocycles. The lowest BCUT2D eigenvalue weighted by molar-refractivity contribution is 0.0520. The van der Waals surface area contributed by atoms with E-state index in [0.717, 1.165) is 10.6 Å². The van der Waals surface area contributed by atoms with E-state index in [0.29, 0.717) is 18.0 Å². The largest absolute Gasteiger partial charge is 0.461 e. The van der Waals surface area contributed by atoms with Gasteiger partial charge in [0.2, 0.25) is 0 Å². The van der Waals surface area contributed by atoms with Crippen molar-refractivity contribution >= 4 is 35.1 Å². The van der Waals surface area contributed by atoms with Gasteiger partial charge in [-0.15, -0.1) is 11.3 Å². The van der Waals surface area contributed by atoms with Gasteiger partial charge in [0.1, 0.15) is 5.01 Å². The van der Waals surface area contributed by atoms with Crippen LogP contribution in [0.1, 0.15) is 28.0 Å². The van der Waals surface area contributed by atoms with Crippen LogP contribution >= 0.6 is 11.3 Å². The van der Waals surface area contributed by atoms with E-state index in [-0.39, 0.29) is 5.97 Å². The number of aromatic nitrogens is 1. The number of anilines is 1. The Morgan fingerprint density at radius 3 is 3.05 bits per heavy atom. The molecule has 0 amide bonds. The van der Waals surface area contributed by atoms with Crippen LogP contribution < -0.4 is 5.73 Å². The van der Waals surface area contributed by atoms with Gasteiger partial charge in [-0.05, 0) is 30.7 Å². The number of nitrogens with zero attached hydrogens (tertiary/aromatic N) is 1. The maximum atomic E-state index is 11.5. The normalized spacial score (nSPS) is 10.8. The number of benzene rings is 1. The SMILES string of the molecule is CCOC(=O)c1csc(/C=C/c2cccc(N)c2)n1. The Kier molecular flexibility index (Phi) is 4.30. The van der Waals surface area contributed by atoms with Crippen molar-refractivity contribution in [3.05, 3.63) is 45.9 Å². The molecule has 0 bridgehead atoms. The monoisotopic (exact) mass is 274 g/mol. The first kappa shape index (κ1) is 13.3. The second-order valence-corrected chi connectivity index (χ2v) is 4.68. The molecule has 2 rings (SSSR count). The molecule has 4 nitrogen and oxygen atoms in total. The minimum absolute atomic E-state index is 0.346. The predicted molar refractivity (Wildman–Crippen MR) is 77.9 cm³/mol. The van der Waals surface area contributed by atoms with Gasteiger partial charge in [-0.1, -0.05) is 18.2 Å². The quantitative estimate of drug-likeness (QED) is 0.687. The first-order valence-corrected chi connectivity index (χ1v) is 6.73. The van der Waals surface area contributed by atoms with Gasteiger partial charge in [0.25, 0.3) is 0 Å². The lowest BCUT2D eigenvalue weighted by Crippen LogP contribution is -2.04. The van der Waals surface area contributed by atoms with Gasteiger partial charge in [-0.25, -0.2) is 9.78 Å². The number of esters is 1. The summed E-state index contributed by atoms with van der Waals surface area (Å²) in [7, 11) is 0. The summed E-state index contributed by atoms with van der Waals surface area (Å²) in [6.07, 6.45) is 3.76. The highest BCUT2D eigenvalue weighted by Gasteiger charge is 2.09. The highest BCUT2D eigenvalue weighted by molar-refractivity contribution is 7.10. The second-order valence-electron chi connectivity index (χ2n) is 3.79. The Morgan fingerprint density at radius 2 is 2.32 bits per heavy atom. The average molecular weight is 274 g/mol. The molecule has 1 aromatic carbocycles. The van der Waals surface area contributed by atoms with Crippen LogP contribution in [0.5, 0.6) is 0 Å². The molecule has 0 saturated heterocycles. The summed E-state index contributed by atoms with van der Waals surface area (Å²) >= 11 is 1.40. The van der Waals surface area contributed by atoms with Gasteiger partial charge < -0.3 is 10.5 Å². The molecule has 0 aliphatic rings. The first-order valence-electron chi connectivity index (χ1n) is 5.85. The third-order valence-electron chi connectivity index (χ3n) is 2.34. The number of nitrogens with two attached hydrogens (primary N) is 1. The van der Waals surface area contributed by atoms with Gasteiger partial charge in [-0.3, -0.25) is 0 Å². The molecule has 0 atom stereocenters. The molecular weight excluding hydrogens is 260 g/mol. The third kappa shape index (κ3) is 3.66. The molecular formula is C14H14N2O2S. The predicted octanol–water partition coefficient (Wildman–Crippen LogP) is 3.07. The van der Waals surface area contributed by atoms with Gasteiger partial charge in [0.15, 0.2) is 5.69 Å². The smallest absolute Gasteiger partial charge is 0.357 e. The maximum absolute atomic E-state index is 11.5. The fourth-order valence-corrected chi connectivity index (χ4v) is 2.17. The van der Waals surface area contributed by atoms with Crippen LogP contribution in [0.4, 0.5) is 5.69 Å². The topological polar surface area (TPSA) is 65.2 Å². The Bertz CT molecular complexity index is 605. The van der Waals surface area contributed by atoms with Crippen LogP contribution in [-0.4, -0.2) is 17.6 Å². The van der Waals surface area contributed by atoms with Crippen molar-refractivity contribution in [1.29, 1.82) is 0 Å². The molecule has 0 spiro atoms. The van der Waals surface area contributed by atoms with Gasteiger partial charge in [0.05, 0.1) is 6.61 Å². The second kappa shape index (κ2) is 6.15. The fraction of sp³-hybridized carbons (Fsp3) is 0.143. The maximum Gasteiger partial charge on any atom is 0.357 e. The summed E-state index contributed by atoms with van der Waals surface area (Å²) in [5.74, 6) is -0.387. The molecule has 0 radical (unpaired) electrons. The van der Waals surface area contributed by atoms with Gasteiger partial charge >= 0.3 is 5.97 Å². The van der Waals surface area contributed by atoms with Crippen molar-refractivity contribution < 1.29 is 9.53 Å². The van der Waals surface area contributed by atoms with E-state index in [1.807, 2.05) is 36.4 Å². The average Bonchev–Trinajstić information content (AvgIpc) is 2.86. The molecule has 0 saturated carbocycles. The van der Waals surface area contributed by atoms with E-state index in [2.05, 4.69) is 4.98 Å². The lowest BCUT2D eigenvalue weighted by Gasteiger charge is -1.96. The molecule has 0 unspecified atom stereocenters. The number of ether oxygens (including phenoxy) is 1. The Hall–Kier alpha value is -2.14. The number of hydrogen-bond acceptors (Lipinski definition) is 5. The van der Waals surface area contributed by atoms with Crippen molar-refractivity contribution in [2.24, 2.45) is 0 Å². The zero-order chi connectivity index (χ0) is 13.7. The van der Waals surface area contributed by atoms with E-state index < -0.39 is 0 Å². The van der Waals surface area contributed by atoms with Crippen molar-refractivity contribution in [1.82, 2.24) is 4.98 Å². The summed E-state index contributed by atoms with van der Waals surface area (Å²) in [6.45, 7) is 2.12. The molecule has 2 N–H and O–H groups in total. The van der Waals surface area contributed by atoms with Gasteiger partial charge in [-0.2, -0.15) is 0 Å². The zero-order valence-electron chi connectivity index (χ0n) is 10.5. The Labute approximate surface area is 115 Å². The highest BCUT2D eigenvalue weighted by atomic mass is 32.1. The minimum atomic E-state index is -0.387. The number of nitrogen functional groups attached to an aromatic ring is 1. The van der Waals surface area contributed by atoms with Crippen LogP contribution in [0.25, 0.3) is 12.2 Å². The summed E-state index contributed by atoms with van der Waals surface area (Å²) in [5, 5.41) is 2.45. The van der Waals surface area contributed by atoms with Crippen LogP contribution in [0.2, 0.25) is 0 Å². The number of thiazole rings is 1. The molecule has 19 heavy (non-hydrogen) atoms. The highest BCUT2D eigenvalue weighted by Crippen LogP contribution is 2.15. The van der Waals surface area contributed by atoms with Crippen molar-refractivity contribution in [2.45, 2.75) is 6.92 Å². The number of carbonyl (C=O) groups excluding carboxylic acids is 1. The molecule has 0 aliphatic heterocycles. The number of carbonyl (C=O) groups is 1. The van der Waals surface area contributed by atoms with Gasteiger partial charge in [0, 0.05) is 11.1 Å². The minimum Gasteiger partial charge on any atom is -0.461 e. The van der Waals surface area contributed by atoms with Crippen molar-refractivity contribution in [3.63, 3.8) is 0 Å². The molecule has 2 aromatic rings. The van der Waals surface area contributed by atoms with Crippen LogP contribution in [-0.2, 0) is 4.74 Å². The summed E-state index contributed by atoms with van der Waals surface area (Å²) < 4.78 is 4.88. The lowest BCUT2D eigenvalue weighted by atomic mass is 10.2. The molecule has 5 heteroatoms. The van der Waals surface area contributed by atoms with Crippen LogP contribution in [0.15, 0.2) is 29.6 Å². The van der Waals surface area contributed by atoms with Crippen LogP contribution in [0.3, 0.4) is 0 Å². The summed E-state index contributed by atoms with van der Waals surface area (Å²) in [4.78, 5) is 15.7. The van der Waals surface area contributed by atoms with Crippen molar-refractivity contribution in [2.75, 3.05) is 12.3 Å². The molecule has 0 fully saturated rings. The van der Waals surface area contributed by atoms with Crippen molar-refractivity contribution in [3.8, 4) is 0 Å². The fourth-order valence-electron chi connectivity index (χ4n) is 1.49. The summed E-state index contributed by atoms with van der Waals surface area (Å²) in [5.41, 5.74) is 7.75. The van der Waals surface area contributed by atoms with E-state index >= 15 is 0 Å². The number of rotatable bonds is 4. The molecule has 1 aromatic heterocycles. The standard InChI is InChI=1S/C14H14N2O2S/c1-2-18-14(17)12-9-19-13(16-12)7-6-10-4-3-5-11(15)8-10/h3-9H,2,15H2,1H3/b7-6+. The molecule has 0 aliphatic carbocycles. The molecule has 98 valence electrons. The van der Waals surface area contributed by atoms with E-state index in [1.54, 1.807) is 12.3 Å². The Balaban J connectivity index is 2.09. The van der Waals surface area contributed by atoms with E-state index in [9.17, 15) is 4.79 Å². The zero-order valence-corrected chi connectivity index (χ0v) is 11.3. The third-order valence-corrected chi connectivity index (χ3v) is 3.15. The number of hydrogen-bond donors (Lipinski definition) is 1. The Morgan fingerprint density at radius 1 is 1.47 bits per heavy atom. The summed E-state index contributed by atoms with van der Waals surface area (Å²) in [6, 6.07) is 7.55. The van der Waals surface area contributed by atoms with E-state index in [4.69, 9.17) is 10.5 Å². The van der Waals surface area contributed by atoms with E-state index in [1.165, 1.54) is 11.3 Å². The van der Waals surface area contributed by atoms with Crippen LogP contribution in [0, 0.1) is 0 Å².